The third kappa shape index (κ3) is 12.2. The maximum atomic E-state index is 13.4. The van der Waals surface area contributed by atoms with Gasteiger partial charge in [-0.3, -0.25) is 9.59 Å². The normalized spacial score (nSPS) is 11.0. The van der Waals surface area contributed by atoms with Crippen molar-refractivity contribution in [3.63, 3.8) is 0 Å². The fraction of sp³-hybridized carbons (Fsp3) is 0.619. The lowest BCUT2D eigenvalue weighted by Crippen LogP contribution is -2.16. The molecule has 200 valence electrons. The van der Waals surface area contributed by atoms with Gasteiger partial charge in [0.1, 0.15) is 0 Å². The predicted molar refractivity (Wildman–Crippen MR) is 107 cm³/mol. The molecule has 1 aromatic rings. The van der Waals surface area contributed by atoms with Crippen molar-refractivity contribution in [1.29, 1.82) is 0 Å². The van der Waals surface area contributed by atoms with Gasteiger partial charge in [0.15, 0.2) is 0 Å². The molecule has 0 saturated carbocycles. The van der Waals surface area contributed by atoms with Crippen molar-refractivity contribution in [2.75, 3.05) is 73.2 Å². The second kappa shape index (κ2) is 18.0. The van der Waals surface area contributed by atoms with Gasteiger partial charge in [-0.05, 0) is 0 Å². The van der Waals surface area contributed by atoms with Crippen molar-refractivity contribution >= 4 is 11.9 Å². The average molecular weight is 518 g/mol. The summed E-state index contributed by atoms with van der Waals surface area (Å²) < 4.78 is 101. The fourth-order valence-corrected chi connectivity index (χ4v) is 2.23. The van der Waals surface area contributed by atoms with E-state index in [1.54, 1.807) is 0 Å². The van der Waals surface area contributed by atoms with E-state index in [0.29, 0.717) is 33.0 Å². The molecule has 1 rings (SSSR count). The quantitative estimate of drug-likeness (QED) is 0.0683. The van der Waals surface area contributed by atoms with Gasteiger partial charge in [-0.2, -0.15) is 8.78 Å². The van der Waals surface area contributed by atoms with E-state index in [9.17, 15) is 31.5 Å². The van der Waals surface area contributed by atoms with Gasteiger partial charge in [0.2, 0.25) is 34.8 Å². The van der Waals surface area contributed by atoms with Crippen molar-refractivity contribution < 1.29 is 64.7 Å². The van der Waals surface area contributed by atoms with Gasteiger partial charge in [0.05, 0.1) is 86.0 Å². The zero-order valence-electron chi connectivity index (χ0n) is 19.0. The fourth-order valence-electron chi connectivity index (χ4n) is 2.23. The summed E-state index contributed by atoms with van der Waals surface area (Å²) in [4.78, 5) is 22.4. The number of ether oxygens (including phenoxy) is 7. The number of halogens is 5. The van der Waals surface area contributed by atoms with Gasteiger partial charge in [-0.1, -0.05) is 0 Å². The lowest BCUT2D eigenvalue weighted by molar-refractivity contribution is -0.142. The largest absolute Gasteiger partial charge is 0.469 e. The molecule has 0 bridgehead atoms. The molecule has 9 nitrogen and oxygen atoms in total. The van der Waals surface area contributed by atoms with Gasteiger partial charge < -0.3 is 33.2 Å². The molecule has 0 spiro atoms. The third-order valence-corrected chi connectivity index (χ3v) is 4.00. The Labute approximate surface area is 198 Å². The molecule has 35 heavy (non-hydrogen) atoms. The number of rotatable bonds is 19. The molecule has 0 aliphatic carbocycles. The number of methoxy groups -OCH3 is 1. The molecule has 0 unspecified atom stereocenters. The molecule has 0 N–H and O–H groups in total. The highest BCUT2D eigenvalue weighted by Crippen LogP contribution is 2.29. The topological polar surface area (TPSA) is 98.8 Å². The van der Waals surface area contributed by atoms with Crippen LogP contribution in [0.15, 0.2) is 0 Å². The van der Waals surface area contributed by atoms with Crippen LogP contribution in [-0.4, -0.2) is 85.1 Å². The van der Waals surface area contributed by atoms with Crippen LogP contribution in [0.25, 0.3) is 0 Å². The van der Waals surface area contributed by atoms with Crippen molar-refractivity contribution in [2.45, 2.75) is 12.8 Å². The summed E-state index contributed by atoms with van der Waals surface area (Å²) in [7, 11) is 1.30. The molecule has 0 saturated heterocycles. The maximum absolute atomic E-state index is 13.4. The molecule has 0 fully saturated rings. The molecular weight excluding hydrogens is 491 g/mol. The Morgan fingerprint density at radius 3 is 1.20 bits per heavy atom. The zero-order valence-corrected chi connectivity index (χ0v) is 19.0. The van der Waals surface area contributed by atoms with E-state index in [-0.39, 0.29) is 45.4 Å². The van der Waals surface area contributed by atoms with Crippen LogP contribution in [0, 0.1) is 29.1 Å². The van der Waals surface area contributed by atoms with Crippen LogP contribution in [0.1, 0.15) is 12.8 Å². The third-order valence-electron chi connectivity index (χ3n) is 4.00. The summed E-state index contributed by atoms with van der Waals surface area (Å²) in [5, 5.41) is 0. The highest BCUT2D eigenvalue weighted by molar-refractivity contribution is 5.72. The molecular formula is C21H27F5O9. The van der Waals surface area contributed by atoms with Crippen LogP contribution in [-0.2, 0) is 38.0 Å². The number of esters is 2. The Bertz CT molecular complexity index is 766. The second-order valence-corrected chi connectivity index (χ2v) is 6.51. The minimum atomic E-state index is -2.35. The summed E-state index contributed by atoms with van der Waals surface area (Å²) in [6.45, 7) is 2.23. The molecule has 1 aromatic carbocycles. The lowest BCUT2D eigenvalue weighted by Gasteiger charge is -2.09. The van der Waals surface area contributed by atoms with Crippen LogP contribution in [0.5, 0.6) is 5.75 Å². The highest BCUT2D eigenvalue weighted by atomic mass is 19.2. The Balaban J connectivity index is 1.96. The standard InChI is InChI=1S/C21H27F5O9/c1-29-14(27)2-4-30-6-8-32-10-12-34-13-11-33-9-7-31-5-3-15(28)35-21-19(25)17(23)16(22)18(24)20(21)26/h2-13H2,1H3. The summed E-state index contributed by atoms with van der Waals surface area (Å²) >= 11 is 0. The van der Waals surface area contributed by atoms with Crippen LogP contribution >= 0.6 is 0 Å². The minimum absolute atomic E-state index is 0.0783. The van der Waals surface area contributed by atoms with E-state index >= 15 is 0 Å². The van der Waals surface area contributed by atoms with Crippen LogP contribution in [0.2, 0.25) is 0 Å². The Morgan fingerprint density at radius 2 is 0.829 bits per heavy atom. The molecule has 0 aromatic heterocycles. The zero-order chi connectivity index (χ0) is 26.1. The smallest absolute Gasteiger partial charge is 0.313 e. The first kappa shape index (κ1) is 30.6. The van der Waals surface area contributed by atoms with Gasteiger partial charge in [-0.15, -0.1) is 0 Å². The lowest BCUT2D eigenvalue weighted by atomic mass is 10.2. The number of hydrogen-bond donors (Lipinski definition) is 0. The van der Waals surface area contributed by atoms with Crippen molar-refractivity contribution in [3.05, 3.63) is 29.1 Å². The summed E-state index contributed by atoms with van der Waals surface area (Å²) in [6.07, 6.45) is -0.305. The maximum Gasteiger partial charge on any atom is 0.313 e. The Hall–Kier alpha value is -2.39. The summed E-state index contributed by atoms with van der Waals surface area (Å²) in [5.74, 6) is -14.5. The highest BCUT2D eigenvalue weighted by Gasteiger charge is 2.28. The SMILES string of the molecule is COC(=O)CCOCCOCCOCCOCCOCCC(=O)Oc1c(F)c(F)c(F)c(F)c1F. The number of hydrogen-bond acceptors (Lipinski definition) is 9. The van der Waals surface area contributed by atoms with Gasteiger partial charge in [0.25, 0.3) is 0 Å². The monoisotopic (exact) mass is 518 g/mol. The summed E-state index contributed by atoms with van der Waals surface area (Å²) in [6, 6.07) is 0. The van der Waals surface area contributed by atoms with E-state index in [1.165, 1.54) is 7.11 Å². The van der Waals surface area contributed by atoms with Crippen molar-refractivity contribution in [1.82, 2.24) is 0 Å². The predicted octanol–water partition coefficient (Wildman–Crippen LogP) is 2.32. The van der Waals surface area contributed by atoms with Gasteiger partial charge in [0, 0.05) is 0 Å². The van der Waals surface area contributed by atoms with Crippen LogP contribution in [0.4, 0.5) is 22.0 Å². The van der Waals surface area contributed by atoms with Crippen LogP contribution < -0.4 is 4.74 Å². The number of carbonyl (C=O) groups is 2. The van der Waals surface area contributed by atoms with Gasteiger partial charge in [-0.25, -0.2) is 13.2 Å². The molecule has 0 amide bonds. The van der Waals surface area contributed by atoms with E-state index in [2.05, 4.69) is 9.47 Å². The van der Waals surface area contributed by atoms with Crippen LogP contribution in [0.3, 0.4) is 0 Å². The molecule has 0 aliphatic rings. The number of carbonyl (C=O) groups excluding carboxylic acids is 2. The van der Waals surface area contributed by atoms with Crippen molar-refractivity contribution in [3.8, 4) is 5.75 Å². The second-order valence-electron chi connectivity index (χ2n) is 6.51. The minimum Gasteiger partial charge on any atom is -0.469 e. The Morgan fingerprint density at radius 1 is 0.514 bits per heavy atom. The van der Waals surface area contributed by atoms with E-state index in [1.807, 2.05) is 0 Å². The van der Waals surface area contributed by atoms with E-state index in [0.717, 1.165) is 0 Å². The number of benzene rings is 1. The van der Waals surface area contributed by atoms with E-state index in [4.69, 9.17) is 23.7 Å². The van der Waals surface area contributed by atoms with Crippen molar-refractivity contribution in [2.24, 2.45) is 0 Å². The first-order valence-corrected chi connectivity index (χ1v) is 10.5. The molecule has 0 atom stereocenters. The average Bonchev–Trinajstić information content (AvgIpc) is 2.85. The first-order valence-electron chi connectivity index (χ1n) is 10.5. The Kier molecular flexibility index (Phi) is 15.7. The first-order chi connectivity index (χ1) is 16.8. The molecule has 0 radical (unpaired) electrons. The van der Waals surface area contributed by atoms with Gasteiger partial charge >= 0.3 is 11.9 Å². The molecule has 14 heteroatoms. The molecule has 0 aliphatic heterocycles. The summed E-state index contributed by atoms with van der Waals surface area (Å²) in [5.41, 5.74) is 0. The molecule has 0 heterocycles. The van der Waals surface area contributed by atoms with E-state index < -0.39 is 47.2 Å².